The Morgan fingerprint density at radius 2 is 1.89 bits per heavy atom. The fourth-order valence-electron chi connectivity index (χ4n) is 3.57. The molecule has 1 atom stereocenters. The molecule has 14 heteroatoms. The van der Waals surface area contributed by atoms with Crippen molar-refractivity contribution in [2.75, 3.05) is 11.6 Å². The minimum Gasteiger partial charge on any atom is -0.437 e. The number of carbonyl (C=O) groups is 1. The Balaban J connectivity index is 1.93. The molecule has 0 aliphatic carbocycles. The Morgan fingerprint density at radius 3 is 2.50 bits per heavy atom. The number of aromatic nitrogens is 4. The van der Waals surface area contributed by atoms with E-state index in [4.69, 9.17) is 9.52 Å². The van der Waals surface area contributed by atoms with Crippen LogP contribution in [0, 0.1) is 17.5 Å². The minimum absolute atomic E-state index is 0.0357. The summed E-state index contributed by atoms with van der Waals surface area (Å²) in [5, 5.41) is 13.3. The van der Waals surface area contributed by atoms with Gasteiger partial charge in [0.15, 0.2) is 5.69 Å². The van der Waals surface area contributed by atoms with Crippen molar-refractivity contribution >= 4 is 21.3 Å². The van der Waals surface area contributed by atoms with E-state index in [9.17, 15) is 26.6 Å². The smallest absolute Gasteiger partial charge is 0.435 e. The largest absolute Gasteiger partial charge is 0.437 e. The van der Waals surface area contributed by atoms with Gasteiger partial charge in [-0.2, -0.15) is 18.3 Å². The topological polar surface area (TPSA) is 123 Å². The van der Waals surface area contributed by atoms with Crippen LogP contribution in [-0.2, 0) is 23.0 Å². The highest BCUT2D eigenvalue weighted by Crippen LogP contribution is 2.41. The Labute approximate surface area is 214 Å². The van der Waals surface area contributed by atoms with Gasteiger partial charge in [-0.25, -0.2) is 13.4 Å². The maximum Gasteiger partial charge on any atom is 0.435 e. The van der Waals surface area contributed by atoms with E-state index in [1.165, 1.54) is 61.4 Å². The Hall–Kier alpha value is -4.33. The third-order valence-corrected chi connectivity index (χ3v) is 6.47. The average Bonchev–Trinajstić information content (AvgIpc) is 3.25. The van der Waals surface area contributed by atoms with E-state index in [1.54, 1.807) is 0 Å². The third-order valence-electron chi connectivity index (χ3n) is 5.32. The van der Waals surface area contributed by atoms with Crippen molar-refractivity contribution in [1.29, 1.82) is 4.78 Å². The molecule has 0 spiro atoms. The summed E-state index contributed by atoms with van der Waals surface area (Å²) in [5.74, 6) is -2.15. The summed E-state index contributed by atoms with van der Waals surface area (Å²) in [6, 6.07) is 9.02. The highest BCUT2D eigenvalue weighted by atomic mass is 32.2. The molecule has 0 unspecified atom stereocenters. The molecule has 2 heterocycles. The lowest BCUT2D eigenvalue weighted by molar-refractivity contribution is -0.141. The number of nitrogens with zero attached hydrogens (tertiary/aromatic N) is 4. The quantitative estimate of drug-likeness (QED) is 0.310. The maximum atomic E-state index is 14.1. The summed E-state index contributed by atoms with van der Waals surface area (Å²) < 4.78 is 82.7. The van der Waals surface area contributed by atoms with Crippen LogP contribution in [-0.4, -0.2) is 36.3 Å². The van der Waals surface area contributed by atoms with E-state index in [-0.39, 0.29) is 21.9 Å². The standard InChI is InChI=1S/C24H20F4N6O3S/c1-13-9-15(25)7-8-18(13)37-23-20(22(35)31-16-5-4-6-17(10-16)38(3,29)36)19(14-11-30-34(2)12-14)21(32-33-23)24(26,27)28/h4-12,29H,1-3H3,(H,31,35)/t38-/m0/s1. The molecule has 0 bridgehead atoms. The average molecular weight is 549 g/mol. The van der Waals surface area contributed by atoms with E-state index in [1.807, 2.05) is 0 Å². The molecule has 0 fully saturated rings. The number of anilines is 1. The zero-order valence-corrected chi connectivity index (χ0v) is 20.9. The summed E-state index contributed by atoms with van der Waals surface area (Å²) >= 11 is 0. The monoisotopic (exact) mass is 548 g/mol. The molecule has 2 N–H and O–H groups in total. The van der Waals surface area contributed by atoms with Gasteiger partial charge in [-0.1, -0.05) is 6.07 Å². The number of hydrogen-bond donors (Lipinski definition) is 2. The first-order valence-corrected chi connectivity index (χ1v) is 12.8. The molecule has 2 aromatic heterocycles. The van der Waals surface area contributed by atoms with Crippen LogP contribution >= 0.6 is 0 Å². The number of alkyl halides is 3. The number of carbonyl (C=O) groups excluding carboxylic acids is 1. The Morgan fingerprint density at radius 1 is 1.16 bits per heavy atom. The zero-order chi connectivity index (χ0) is 27.8. The second kappa shape index (κ2) is 9.85. The third kappa shape index (κ3) is 5.64. The van der Waals surface area contributed by atoms with Crippen molar-refractivity contribution in [2.45, 2.75) is 18.0 Å². The highest BCUT2D eigenvalue weighted by Gasteiger charge is 2.40. The van der Waals surface area contributed by atoms with Crippen LogP contribution in [0.15, 0.2) is 59.8 Å². The zero-order valence-electron chi connectivity index (χ0n) is 20.1. The molecule has 0 saturated heterocycles. The van der Waals surface area contributed by atoms with E-state index in [0.29, 0.717) is 5.56 Å². The number of hydrogen-bond acceptors (Lipinski definition) is 7. The molecular formula is C24H20F4N6O3S. The van der Waals surface area contributed by atoms with E-state index < -0.39 is 50.3 Å². The first kappa shape index (κ1) is 26.7. The molecule has 198 valence electrons. The SMILES string of the molecule is Cc1cc(F)ccc1Oc1nnc(C(F)(F)F)c(-c2cnn(C)c2)c1C(=O)Nc1cccc([S@@](C)(=N)=O)c1. The van der Waals surface area contributed by atoms with Crippen LogP contribution in [0.4, 0.5) is 23.2 Å². The van der Waals surface area contributed by atoms with Gasteiger partial charge in [-0.15, -0.1) is 10.2 Å². The fraction of sp³-hybridized carbons (Fsp3) is 0.167. The summed E-state index contributed by atoms with van der Waals surface area (Å²) in [6.45, 7) is 1.51. The fourth-order valence-corrected chi connectivity index (χ4v) is 4.26. The molecule has 0 saturated carbocycles. The van der Waals surface area contributed by atoms with Crippen LogP contribution in [0.3, 0.4) is 0 Å². The summed E-state index contributed by atoms with van der Waals surface area (Å²) in [5.41, 5.74) is -2.42. The predicted octanol–water partition coefficient (Wildman–Crippen LogP) is 5.42. The van der Waals surface area contributed by atoms with Crippen LogP contribution in [0.25, 0.3) is 11.1 Å². The second-order valence-corrected chi connectivity index (χ2v) is 10.5. The number of aryl methyl sites for hydroxylation is 2. The van der Waals surface area contributed by atoms with Crippen molar-refractivity contribution in [3.63, 3.8) is 0 Å². The van der Waals surface area contributed by atoms with Crippen molar-refractivity contribution in [1.82, 2.24) is 20.0 Å². The van der Waals surface area contributed by atoms with Gasteiger partial charge in [0.05, 0.1) is 15.9 Å². The number of benzene rings is 2. The van der Waals surface area contributed by atoms with E-state index in [0.717, 1.165) is 18.3 Å². The van der Waals surface area contributed by atoms with Gasteiger partial charge in [0.25, 0.3) is 11.8 Å². The van der Waals surface area contributed by atoms with Crippen molar-refractivity contribution in [3.05, 3.63) is 77.5 Å². The van der Waals surface area contributed by atoms with Crippen molar-refractivity contribution in [3.8, 4) is 22.8 Å². The molecule has 0 aliphatic heterocycles. The summed E-state index contributed by atoms with van der Waals surface area (Å²) in [6.07, 6.45) is -1.42. The van der Waals surface area contributed by atoms with Crippen LogP contribution in [0.5, 0.6) is 11.6 Å². The van der Waals surface area contributed by atoms with Crippen LogP contribution in [0.2, 0.25) is 0 Å². The molecular weight excluding hydrogens is 528 g/mol. The molecule has 1 amide bonds. The lowest BCUT2D eigenvalue weighted by atomic mass is 10.0. The van der Waals surface area contributed by atoms with E-state index >= 15 is 0 Å². The lowest BCUT2D eigenvalue weighted by Gasteiger charge is -2.18. The van der Waals surface area contributed by atoms with Gasteiger partial charge in [0.1, 0.15) is 17.1 Å². The van der Waals surface area contributed by atoms with E-state index in [2.05, 4.69) is 20.6 Å². The number of amides is 1. The maximum absolute atomic E-state index is 14.1. The molecule has 38 heavy (non-hydrogen) atoms. The molecule has 0 aliphatic rings. The first-order valence-electron chi connectivity index (χ1n) is 10.8. The Bertz CT molecular complexity index is 1650. The van der Waals surface area contributed by atoms with Crippen LogP contribution < -0.4 is 10.1 Å². The molecule has 0 radical (unpaired) electrons. The number of halogens is 4. The van der Waals surface area contributed by atoms with Gasteiger partial charge >= 0.3 is 6.18 Å². The first-order chi connectivity index (χ1) is 17.7. The normalized spacial score (nSPS) is 13.1. The lowest BCUT2D eigenvalue weighted by Crippen LogP contribution is -2.20. The molecule has 2 aromatic carbocycles. The minimum atomic E-state index is -5.00. The number of nitrogens with one attached hydrogen (secondary N) is 2. The molecule has 4 aromatic rings. The summed E-state index contributed by atoms with van der Waals surface area (Å²) in [4.78, 5) is 13.7. The van der Waals surface area contributed by atoms with Crippen LogP contribution in [0.1, 0.15) is 21.6 Å². The molecule has 4 rings (SSSR count). The van der Waals surface area contributed by atoms with Gasteiger partial charge in [0, 0.05) is 41.2 Å². The van der Waals surface area contributed by atoms with Gasteiger partial charge in [-0.05, 0) is 48.9 Å². The number of ether oxygens (including phenoxy) is 1. The van der Waals surface area contributed by atoms with Gasteiger partial charge < -0.3 is 10.1 Å². The molecule has 9 nitrogen and oxygen atoms in total. The van der Waals surface area contributed by atoms with Gasteiger partial charge in [-0.3, -0.25) is 9.48 Å². The second-order valence-electron chi connectivity index (χ2n) is 8.34. The predicted molar refractivity (Wildman–Crippen MR) is 130 cm³/mol. The van der Waals surface area contributed by atoms with Crippen molar-refractivity contribution in [2.24, 2.45) is 7.05 Å². The highest BCUT2D eigenvalue weighted by molar-refractivity contribution is 7.91. The summed E-state index contributed by atoms with van der Waals surface area (Å²) in [7, 11) is -1.66. The van der Waals surface area contributed by atoms with Gasteiger partial charge in [0.2, 0.25) is 0 Å². The number of rotatable bonds is 6. The Kier molecular flexibility index (Phi) is 6.93. The van der Waals surface area contributed by atoms with Crippen molar-refractivity contribution < 1.29 is 31.3 Å².